The molecular formula is C17H26N2O3. The molecule has 0 spiro atoms. The third kappa shape index (κ3) is 6.26. The molecule has 0 aliphatic heterocycles. The highest BCUT2D eigenvalue weighted by Crippen LogP contribution is 2.08. The number of benzene rings is 1. The number of ether oxygens (including phenoxy) is 1. The lowest BCUT2D eigenvalue weighted by Crippen LogP contribution is -2.49. The van der Waals surface area contributed by atoms with Crippen LogP contribution in [0.4, 0.5) is 0 Å². The van der Waals surface area contributed by atoms with Crippen LogP contribution < -0.4 is 11.1 Å². The molecule has 0 fully saturated rings. The third-order valence-electron chi connectivity index (χ3n) is 3.43. The van der Waals surface area contributed by atoms with Gasteiger partial charge in [0.25, 0.3) is 0 Å². The number of amides is 1. The van der Waals surface area contributed by atoms with Crippen LogP contribution in [0.2, 0.25) is 0 Å². The standard InChI is InChI=1S/C17H26N2O3/c1-12(2)11-15(17(21)22-3)19-16(20)14(18)10-9-13-7-5-4-6-8-13/h4-8,12,14-15H,9-11,18H2,1-3H3,(H,19,20)/t14-,15-/m0/s1. The predicted octanol–water partition coefficient (Wildman–Crippen LogP) is 1.65. The molecule has 2 atom stereocenters. The average molecular weight is 306 g/mol. The molecule has 1 amide bonds. The van der Waals surface area contributed by atoms with E-state index in [0.29, 0.717) is 12.8 Å². The maximum absolute atomic E-state index is 12.1. The van der Waals surface area contributed by atoms with Gasteiger partial charge in [-0.1, -0.05) is 44.2 Å². The van der Waals surface area contributed by atoms with Crippen LogP contribution in [0.3, 0.4) is 0 Å². The quantitative estimate of drug-likeness (QED) is 0.716. The summed E-state index contributed by atoms with van der Waals surface area (Å²) in [6.45, 7) is 3.97. The van der Waals surface area contributed by atoms with Gasteiger partial charge in [0.15, 0.2) is 0 Å². The maximum Gasteiger partial charge on any atom is 0.328 e. The number of carbonyl (C=O) groups excluding carboxylic acids is 2. The molecule has 0 saturated carbocycles. The fraction of sp³-hybridized carbons (Fsp3) is 0.529. The lowest BCUT2D eigenvalue weighted by atomic mass is 10.0. The lowest BCUT2D eigenvalue weighted by Gasteiger charge is -2.20. The smallest absolute Gasteiger partial charge is 0.328 e. The van der Waals surface area contributed by atoms with Gasteiger partial charge in [-0.05, 0) is 30.7 Å². The number of carbonyl (C=O) groups is 2. The summed E-state index contributed by atoms with van der Waals surface area (Å²) in [6, 6.07) is 8.58. The predicted molar refractivity (Wildman–Crippen MR) is 86.1 cm³/mol. The van der Waals surface area contributed by atoms with Crippen LogP contribution in [0.5, 0.6) is 0 Å². The Bertz CT molecular complexity index is 474. The van der Waals surface area contributed by atoms with Gasteiger partial charge in [0, 0.05) is 0 Å². The first-order valence-electron chi connectivity index (χ1n) is 7.61. The summed E-state index contributed by atoms with van der Waals surface area (Å²) in [4.78, 5) is 23.8. The van der Waals surface area contributed by atoms with Crippen LogP contribution in [-0.2, 0) is 20.7 Å². The van der Waals surface area contributed by atoms with Gasteiger partial charge in [0.1, 0.15) is 6.04 Å². The number of methoxy groups -OCH3 is 1. The van der Waals surface area contributed by atoms with Crippen molar-refractivity contribution in [1.82, 2.24) is 5.32 Å². The molecule has 0 aromatic heterocycles. The minimum absolute atomic E-state index is 0.268. The van der Waals surface area contributed by atoms with E-state index in [1.807, 2.05) is 44.2 Å². The van der Waals surface area contributed by atoms with E-state index in [2.05, 4.69) is 5.32 Å². The van der Waals surface area contributed by atoms with E-state index in [1.54, 1.807) is 0 Å². The van der Waals surface area contributed by atoms with Crippen molar-refractivity contribution in [3.05, 3.63) is 35.9 Å². The Balaban J connectivity index is 2.51. The number of hydrogen-bond donors (Lipinski definition) is 2. The highest BCUT2D eigenvalue weighted by Gasteiger charge is 2.25. The highest BCUT2D eigenvalue weighted by molar-refractivity contribution is 5.87. The van der Waals surface area contributed by atoms with Crippen LogP contribution in [0.1, 0.15) is 32.3 Å². The molecule has 1 aromatic carbocycles. The molecule has 0 aliphatic carbocycles. The Morgan fingerprint density at radius 1 is 1.23 bits per heavy atom. The summed E-state index contributed by atoms with van der Waals surface area (Å²) in [5.74, 6) is -0.478. The first-order chi connectivity index (χ1) is 10.4. The molecule has 1 aromatic rings. The van der Waals surface area contributed by atoms with Crippen LogP contribution in [-0.4, -0.2) is 31.1 Å². The maximum atomic E-state index is 12.1. The van der Waals surface area contributed by atoms with Gasteiger partial charge in [-0.25, -0.2) is 4.79 Å². The van der Waals surface area contributed by atoms with Crippen molar-refractivity contribution in [2.24, 2.45) is 11.7 Å². The van der Waals surface area contributed by atoms with Gasteiger partial charge in [0.2, 0.25) is 5.91 Å². The summed E-state index contributed by atoms with van der Waals surface area (Å²) in [5, 5.41) is 2.70. The van der Waals surface area contributed by atoms with Crippen LogP contribution in [0, 0.1) is 5.92 Å². The second-order valence-corrected chi connectivity index (χ2v) is 5.84. The number of esters is 1. The van der Waals surface area contributed by atoms with Gasteiger partial charge >= 0.3 is 5.97 Å². The zero-order chi connectivity index (χ0) is 16.5. The van der Waals surface area contributed by atoms with Gasteiger partial charge < -0.3 is 15.8 Å². The molecule has 1 rings (SSSR count). The van der Waals surface area contributed by atoms with E-state index in [4.69, 9.17) is 10.5 Å². The van der Waals surface area contributed by atoms with Gasteiger partial charge in [0.05, 0.1) is 13.2 Å². The molecule has 0 aliphatic rings. The molecule has 5 heteroatoms. The van der Waals surface area contributed by atoms with E-state index < -0.39 is 18.1 Å². The zero-order valence-electron chi connectivity index (χ0n) is 13.5. The Morgan fingerprint density at radius 3 is 2.41 bits per heavy atom. The number of rotatable bonds is 8. The molecule has 0 saturated heterocycles. The molecule has 0 unspecified atom stereocenters. The first-order valence-corrected chi connectivity index (χ1v) is 7.61. The number of hydrogen-bond acceptors (Lipinski definition) is 4. The summed E-state index contributed by atoms with van der Waals surface area (Å²) < 4.78 is 4.73. The minimum atomic E-state index is -0.639. The number of nitrogens with one attached hydrogen (secondary N) is 1. The molecule has 0 heterocycles. The summed E-state index contributed by atoms with van der Waals surface area (Å²) in [7, 11) is 1.32. The van der Waals surface area contributed by atoms with E-state index >= 15 is 0 Å². The largest absolute Gasteiger partial charge is 0.467 e. The minimum Gasteiger partial charge on any atom is -0.467 e. The summed E-state index contributed by atoms with van der Waals surface area (Å²) >= 11 is 0. The van der Waals surface area contributed by atoms with Crippen LogP contribution in [0.25, 0.3) is 0 Å². The molecule has 3 N–H and O–H groups in total. The molecule has 5 nitrogen and oxygen atoms in total. The van der Waals surface area contributed by atoms with Gasteiger partial charge in [-0.3, -0.25) is 4.79 Å². The van der Waals surface area contributed by atoms with Crippen molar-refractivity contribution in [2.45, 2.75) is 45.2 Å². The molecule has 122 valence electrons. The topological polar surface area (TPSA) is 81.4 Å². The Labute approximate surface area is 132 Å². The normalized spacial score (nSPS) is 13.5. The molecule has 22 heavy (non-hydrogen) atoms. The van der Waals surface area contributed by atoms with E-state index in [9.17, 15) is 9.59 Å². The first kappa shape index (κ1) is 18.2. The van der Waals surface area contributed by atoms with Crippen molar-refractivity contribution in [3.8, 4) is 0 Å². The highest BCUT2D eigenvalue weighted by atomic mass is 16.5. The molecule has 0 bridgehead atoms. The van der Waals surface area contributed by atoms with Crippen molar-refractivity contribution < 1.29 is 14.3 Å². The van der Waals surface area contributed by atoms with E-state index in [-0.39, 0.29) is 11.8 Å². The summed E-state index contributed by atoms with van der Waals surface area (Å²) in [5.41, 5.74) is 7.06. The van der Waals surface area contributed by atoms with Gasteiger partial charge in [-0.15, -0.1) is 0 Å². The van der Waals surface area contributed by atoms with Crippen LogP contribution in [0.15, 0.2) is 30.3 Å². The van der Waals surface area contributed by atoms with E-state index in [0.717, 1.165) is 12.0 Å². The Morgan fingerprint density at radius 2 is 1.86 bits per heavy atom. The lowest BCUT2D eigenvalue weighted by molar-refractivity contribution is -0.145. The van der Waals surface area contributed by atoms with E-state index in [1.165, 1.54) is 7.11 Å². The van der Waals surface area contributed by atoms with Crippen molar-refractivity contribution in [2.75, 3.05) is 7.11 Å². The zero-order valence-corrected chi connectivity index (χ0v) is 13.5. The van der Waals surface area contributed by atoms with Crippen molar-refractivity contribution >= 4 is 11.9 Å². The molecule has 0 radical (unpaired) electrons. The number of aryl methyl sites for hydroxylation is 1. The second-order valence-electron chi connectivity index (χ2n) is 5.84. The van der Waals surface area contributed by atoms with Crippen molar-refractivity contribution in [3.63, 3.8) is 0 Å². The SMILES string of the molecule is COC(=O)[C@H](CC(C)C)NC(=O)[C@@H](N)CCc1ccccc1. The Hall–Kier alpha value is -1.88. The monoisotopic (exact) mass is 306 g/mol. The fourth-order valence-electron chi connectivity index (χ4n) is 2.20. The Kier molecular flexibility index (Phi) is 7.60. The number of nitrogens with two attached hydrogens (primary N) is 1. The second kappa shape index (κ2) is 9.20. The summed E-state index contributed by atoms with van der Waals surface area (Å²) in [6.07, 6.45) is 1.79. The van der Waals surface area contributed by atoms with Crippen molar-refractivity contribution in [1.29, 1.82) is 0 Å². The van der Waals surface area contributed by atoms with Gasteiger partial charge in [-0.2, -0.15) is 0 Å². The molecular weight excluding hydrogens is 280 g/mol. The third-order valence-corrected chi connectivity index (χ3v) is 3.43. The van der Waals surface area contributed by atoms with Crippen LogP contribution >= 0.6 is 0 Å². The fourth-order valence-corrected chi connectivity index (χ4v) is 2.20. The average Bonchev–Trinajstić information content (AvgIpc) is 2.51.